The van der Waals surface area contributed by atoms with Crippen LogP contribution >= 0.6 is 0 Å². The van der Waals surface area contributed by atoms with Crippen molar-refractivity contribution in [3.63, 3.8) is 0 Å². The first-order valence-electron chi connectivity index (χ1n) is 8.76. The predicted molar refractivity (Wildman–Crippen MR) is 104 cm³/mol. The van der Waals surface area contributed by atoms with Gasteiger partial charge in [0, 0.05) is 18.9 Å². The monoisotopic (exact) mass is 413 g/mol. The van der Waals surface area contributed by atoms with Gasteiger partial charge in [0.15, 0.2) is 9.84 Å². The molecule has 2 aromatic heterocycles. The zero-order valence-corrected chi connectivity index (χ0v) is 16.1. The van der Waals surface area contributed by atoms with Crippen LogP contribution in [0.4, 0.5) is 0 Å². The second kappa shape index (κ2) is 9.16. The zero-order chi connectivity index (χ0) is 20.7. The van der Waals surface area contributed by atoms with Gasteiger partial charge in [-0.15, -0.1) is 0 Å². The van der Waals surface area contributed by atoms with Crippen LogP contribution in [-0.4, -0.2) is 31.8 Å². The molecule has 8 nitrogen and oxygen atoms in total. The number of carbonyl (C=O) groups is 2. The highest BCUT2D eigenvalue weighted by Crippen LogP contribution is 2.27. The predicted octanol–water partition coefficient (Wildman–Crippen LogP) is 1.62. The molecule has 150 valence electrons. The van der Waals surface area contributed by atoms with Crippen molar-refractivity contribution < 1.29 is 22.4 Å². The summed E-state index contributed by atoms with van der Waals surface area (Å²) in [6, 6.07) is 14.5. The summed E-state index contributed by atoms with van der Waals surface area (Å²) in [5.41, 5.74) is 0.410. The normalized spacial score (nSPS) is 12.1. The minimum atomic E-state index is -3.82. The highest BCUT2D eigenvalue weighted by atomic mass is 32.2. The second-order valence-corrected chi connectivity index (χ2v) is 8.24. The van der Waals surface area contributed by atoms with Gasteiger partial charge in [-0.05, 0) is 35.9 Å². The molecule has 0 fully saturated rings. The third-order valence-corrected chi connectivity index (χ3v) is 6.28. The van der Waals surface area contributed by atoms with Crippen molar-refractivity contribution in [1.82, 2.24) is 15.6 Å². The zero-order valence-electron chi connectivity index (χ0n) is 15.3. The molecule has 29 heavy (non-hydrogen) atoms. The van der Waals surface area contributed by atoms with E-state index < -0.39 is 26.9 Å². The molecule has 0 unspecified atom stereocenters. The maximum atomic E-state index is 13.1. The summed E-state index contributed by atoms with van der Waals surface area (Å²) in [7, 11) is -3.82. The Bertz CT molecular complexity index is 1050. The molecule has 9 heteroatoms. The number of rotatable bonds is 7. The van der Waals surface area contributed by atoms with E-state index in [1.54, 1.807) is 42.5 Å². The summed E-state index contributed by atoms with van der Waals surface area (Å²) < 4.78 is 31.3. The topological polar surface area (TPSA) is 118 Å². The second-order valence-electron chi connectivity index (χ2n) is 6.11. The fraction of sp³-hybridized carbons (Fsp3) is 0.150. The quantitative estimate of drug-likeness (QED) is 0.568. The van der Waals surface area contributed by atoms with Crippen LogP contribution in [0.15, 0.2) is 82.6 Å². The van der Waals surface area contributed by atoms with Crippen LogP contribution in [0.25, 0.3) is 0 Å². The number of benzene rings is 1. The molecular formula is C20H19N3O5S. The minimum Gasteiger partial charge on any atom is -0.467 e. The Morgan fingerprint density at radius 3 is 2.38 bits per heavy atom. The highest BCUT2D eigenvalue weighted by molar-refractivity contribution is 7.91. The van der Waals surface area contributed by atoms with Gasteiger partial charge in [-0.3, -0.25) is 14.6 Å². The summed E-state index contributed by atoms with van der Waals surface area (Å²) in [5.74, 6) is -1.33. The van der Waals surface area contributed by atoms with Crippen molar-refractivity contribution in [2.24, 2.45) is 0 Å². The molecule has 2 amide bonds. The van der Waals surface area contributed by atoms with Crippen LogP contribution in [0.5, 0.6) is 0 Å². The number of nitrogens with zero attached hydrogens (tertiary/aromatic N) is 1. The number of hydrogen-bond acceptors (Lipinski definition) is 6. The van der Waals surface area contributed by atoms with Crippen molar-refractivity contribution in [1.29, 1.82) is 0 Å². The number of amides is 2. The fourth-order valence-corrected chi connectivity index (χ4v) is 4.34. The van der Waals surface area contributed by atoms with Crippen molar-refractivity contribution in [2.45, 2.75) is 16.7 Å². The number of pyridine rings is 1. The third-order valence-electron chi connectivity index (χ3n) is 4.16. The number of aromatic nitrogens is 1. The van der Waals surface area contributed by atoms with Gasteiger partial charge in [0.05, 0.1) is 17.7 Å². The van der Waals surface area contributed by atoms with Gasteiger partial charge >= 0.3 is 11.8 Å². The van der Waals surface area contributed by atoms with Gasteiger partial charge in [-0.25, -0.2) is 8.42 Å². The number of nitrogens with one attached hydrogen (secondary N) is 2. The van der Waals surface area contributed by atoms with Crippen molar-refractivity contribution in [3.05, 3.63) is 84.6 Å². The smallest absolute Gasteiger partial charge is 0.309 e. The molecule has 0 bridgehead atoms. The summed E-state index contributed by atoms with van der Waals surface area (Å²) >= 11 is 0. The first-order chi connectivity index (χ1) is 14.0. The maximum Gasteiger partial charge on any atom is 0.309 e. The van der Waals surface area contributed by atoms with E-state index in [0.717, 1.165) is 0 Å². The molecule has 3 aromatic rings. The molecule has 2 heterocycles. The van der Waals surface area contributed by atoms with E-state index in [0.29, 0.717) is 11.3 Å². The highest BCUT2D eigenvalue weighted by Gasteiger charge is 2.30. The molecule has 0 saturated carbocycles. The molecule has 0 saturated heterocycles. The summed E-state index contributed by atoms with van der Waals surface area (Å²) in [6.07, 6.45) is 4.40. The van der Waals surface area contributed by atoms with Crippen LogP contribution in [0, 0.1) is 0 Å². The Kier molecular flexibility index (Phi) is 6.40. The number of hydrogen-bond donors (Lipinski definition) is 2. The molecule has 2 N–H and O–H groups in total. The first kappa shape index (κ1) is 20.3. The Labute approximate surface area is 167 Å². The molecule has 0 aliphatic heterocycles. The van der Waals surface area contributed by atoms with Crippen LogP contribution in [0.3, 0.4) is 0 Å². The van der Waals surface area contributed by atoms with Crippen molar-refractivity contribution >= 4 is 21.7 Å². The minimum absolute atomic E-state index is 0.0492. The van der Waals surface area contributed by atoms with E-state index in [9.17, 15) is 18.0 Å². The lowest BCUT2D eigenvalue weighted by atomic mass is 10.2. The van der Waals surface area contributed by atoms with E-state index >= 15 is 0 Å². The fourth-order valence-electron chi connectivity index (χ4n) is 2.67. The molecule has 3 rings (SSSR count). The summed E-state index contributed by atoms with van der Waals surface area (Å²) in [5, 5.41) is 3.71. The molecule has 1 atom stereocenters. The number of sulfone groups is 1. The van der Waals surface area contributed by atoms with Crippen molar-refractivity contribution in [2.75, 3.05) is 6.54 Å². The number of carbonyl (C=O) groups excluding carboxylic acids is 2. The van der Waals surface area contributed by atoms with Crippen LogP contribution in [0.1, 0.15) is 16.6 Å². The maximum absolute atomic E-state index is 13.1. The first-order valence-corrected chi connectivity index (χ1v) is 10.3. The lowest BCUT2D eigenvalue weighted by molar-refractivity contribution is -0.139. The standard InChI is InChI=1S/C20H19N3O5S/c24-19(22-13-16-7-5-11-28-16)20(25)23-14-18(15-6-4-10-21-12-15)29(26,27)17-8-2-1-3-9-17/h1-12,18H,13-14H2,(H,22,24)(H,23,25)/t18-/m0/s1. The number of furan rings is 1. The summed E-state index contributed by atoms with van der Waals surface area (Å²) in [4.78, 5) is 28.2. The lowest BCUT2D eigenvalue weighted by Gasteiger charge is -2.18. The third kappa shape index (κ3) is 5.08. The molecule has 0 radical (unpaired) electrons. The lowest BCUT2D eigenvalue weighted by Crippen LogP contribution is -2.42. The van der Waals surface area contributed by atoms with Gasteiger partial charge in [-0.1, -0.05) is 24.3 Å². The molecule has 0 spiro atoms. The van der Waals surface area contributed by atoms with Crippen LogP contribution in [-0.2, 0) is 26.0 Å². The van der Waals surface area contributed by atoms with E-state index in [1.807, 2.05) is 0 Å². The van der Waals surface area contributed by atoms with E-state index in [4.69, 9.17) is 4.42 Å². The largest absolute Gasteiger partial charge is 0.467 e. The van der Waals surface area contributed by atoms with E-state index in [2.05, 4.69) is 15.6 Å². The van der Waals surface area contributed by atoms with Crippen molar-refractivity contribution in [3.8, 4) is 0 Å². The Hall–Kier alpha value is -3.46. The van der Waals surface area contributed by atoms with Crippen LogP contribution in [0.2, 0.25) is 0 Å². The SMILES string of the molecule is O=C(NCc1ccco1)C(=O)NC[C@@H](c1cccnc1)S(=O)(=O)c1ccccc1. The van der Waals surface area contributed by atoms with Crippen LogP contribution < -0.4 is 10.6 Å². The average molecular weight is 413 g/mol. The van der Waals surface area contributed by atoms with E-state index in [-0.39, 0.29) is 18.0 Å². The summed E-state index contributed by atoms with van der Waals surface area (Å²) in [6.45, 7) is -0.233. The molecule has 1 aromatic carbocycles. The van der Waals surface area contributed by atoms with E-state index in [1.165, 1.54) is 30.8 Å². The van der Waals surface area contributed by atoms with Gasteiger partial charge < -0.3 is 15.1 Å². The van der Waals surface area contributed by atoms with Gasteiger partial charge in [0.25, 0.3) is 0 Å². The Balaban J connectivity index is 1.72. The van der Waals surface area contributed by atoms with Gasteiger partial charge in [0.1, 0.15) is 11.0 Å². The average Bonchev–Trinajstić information content (AvgIpc) is 3.27. The Morgan fingerprint density at radius 2 is 1.72 bits per heavy atom. The Morgan fingerprint density at radius 1 is 0.966 bits per heavy atom. The van der Waals surface area contributed by atoms with Gasteiger partial charge in [0.2, 0.25) is 0 Å². The molecular weight excluding hydrogens is 394 g/mol. The molecule has 0 aliphatic rings. The molecule has 0 aliphatic carbocycles. The van der Waals surface area contributed by atoms with Gasteiger partial charge in [-0.2, -0.15) is 0 Å².